The number of carbonyl (C=O) groups excluding carboxylic acids is 1. The van der Waals surface area contributed by atoms with Crippen LogP contribution in [0.4, 0.5) is 0 Å². The fraction of sp³-hybridized carbons (Fsp3) is 0.250. The van der Waals surface area contributed by atoms with E-state index >= 15 is 0 Å². The molecule has 1 atom stereocenters. The van der Waals surface area contributed by atoms with E-state index in [4.69, 9.17) is 0 Å². The number of benzene rings is 2. The van der Waals surface area contributed by atoms with Gasteiger partial charge in [-0.3, -0.25) is 4.79 Å². The molecule has 3 aromatic rings. The SMILES string of the molecule is CC(C)[C@@H](C(=O)O)N(C=O)Cc1ccc(-c2ccccc2-c2nnn[nH]2)cc1. The fourth-order valence-corrected chi connectivity index (χ4v) is 3.23. The Kier molecular flexibility index (Phi) is 5.78. The van der Waals surface area contributed by atoms with E-state index in [1.54, 1.807) is 13.8 Å². The number of nitrogens with zero attached hydrogens (tertiary/aromatic N) is 4. The first kappa shape index (κ1) is 19.2. The van der Waals surface area contributed by atoms with Crippen LogP contribution in [0.5, 0.6) is 0 Å². The lowest BCUT2D eigenvalue weighted by Crippen LogP contribution is -2.43. The van der Waals surface area contributed by atoms with Crippen LogP contribution in [0.1, 0.15) is 19.4 Å². The Labute approximate surface area is 162 Å². The van der Waals surface area contributed by atoms with Crippen LogP contribution in [0.3, 0.4) is 0 Å². The summed E-state index contributed by atoms with van der Waals surface area (Å²) in [5.41, 5.74) is 3.65. The van der Waals surface area contributed by atoms with Crippen molar-refractivity contribution in [1.82, 2.24) is 25.5 Å². The summed E-state index contributed by atoms with van der Waals surface area (Å²) < 4.78 is 0. The lowest BCUT2D eigenvalue weighted by atomic mass is 9.98. The quantitative estimate of drug-likeness (QED) is 0.582. The van der Waals surface area contributed by atoms with Crippen molar-refractivity contribution in [2.45, 2.75) is 26.4 Å². The van der Waals surface area contributed by atoms with Crippen molar-refractivity contribution in [3.05, 3.63) is 54.1 Å². The lowest BCUT2D eigenvalue weighted by molar-refractivity contribution is -0.148. The largest absolute Gasteiger partial charge is 0.480 e. The second-order valence-electron chi connectivity index (χ2n) is 6.80. The van der Waals surface area contributed by atoms with Crippen molar-refractivity contribution in [3.63, 3.8) is 0 Å². The highest BCUT2D eigenvalue weighted by molar-refractivity contribution is 5.80. The van der Waals surface area contributed by atoms with Crippen LogP contribution in [-0.4, -0.2) is 49.1 Å². The number of H-pyrrole nitrogens is 1. The Morgan fingerprint density at radius 2 is 1.82 bits per heavy atom. The first-order chi connectivity index (χ1) is 13.5. The van der Waals surface area contributed by atoms with E-state index in [-0.39, 0.29) is 12.5 Å². The second-order valence-corrected chi connectivity index (χ2v) is 6.80. The van der Waals surface area contributed by atoms with Gasteiger partial charge in [0.05, 0.1) is 0 Å². The van der Waals surface area contributed by atoms with Crippen molar-refractivity contribution < 1.29 is 14.7 Å². The summed E-state index contributed by atoms with van der Waals surface area (Å²) in [6.07, 6.45) is 0.596. The van der Waals surface area contributed by atoms with Gasteiger partial charge in [-0.25, -0.2) is 9.89 Å². The minimum atomic E-state index is -1.01. The summed E-state index contributed by atoms with van der Waals surface area (Å²) in [6.45, 7) is 3.80. The van der Waals surface area contributed by atoms with Gasteiger partial charge in [-0.15, -0.1) is 5.10 Å². The molecule has 0 aliphatic carbocycles. The number of aromatic nitrogens is 4. The zero-order valence-corrected chi connectivity index (χ0v) is 15.6. The number of carboxylic acids is 1. The van der Waals surface area contributed by atoms with E-state index in [9.17, 15) is 14.7 Å². The average molecular weight is 379 g/mol. The predicted octanol–water partition coefficient (Wildman–Crippen LogP) is 2.60. The number of hydrogen-bond donors (Lipinski definition) is 2. The highest BCUT2D eigenvalue weighted by atomic mass is 16.4. The highest BCUT2D eigenvalue weighted by Gasteiger charge is 2.27. The summed E-state index contributed by atoms with van der Waals surface area (Å²) in [7, 11) is 0. The Bertz CT molecular complexity index is 939. The van der Waals surface area contributed by atoms with Crippen molar-refractivity contribution in [2.75, 3.05) is 0 Å². The average Bonchev–Trinajstić information content (AvgIpc) is 3.22. The Hall–Kier alpha value is -3.55. The second kappa shape index (κ2) is 8.43. The van der Waals surface area contributed by atoms with E-state index in [1.165, 1.54) is 4.90 Å². The smallest absolute Gasteiger partial charge is 0.326 e. The number of aliphatic carboxylic acids is 1. The molecule has 1 aromatic heterocycles. The van der Waals surface area contributed by atoms with Crippen molar-refractivity contribution in [2.24, 2.45) is 5.92 Å². The summed E-state index contributed by atoms with van der Waals surface area (Å²) in [5, 5.41) is 23.4. The maximum atomic E-state index is 11.5. The van der Waals surface area contributed by atoms with Crippen LogP contribution >= 0.6 is 0 Å². The van der Waals surface area contributed by atoms with Crippen LogP contribution < -0.4 is 0 Å². The summed E-state index contributed by atoms with van der Waals surface area (Å²) >= 11 is 0. The van der Waals surface area contributed by atoms with Gasteiger partial charge in [0.25, 0.3) is 0 Å². The van der Waals surface area contributed by atoms with E-state index < -0.39 is 12.0 Å². The van der Waals surface area contributed by atoms with Crippen molar-refractivity contribution >= 4 is 12.4 Å². The highest BCUT2D eigenvalue weighted by Crippen LogP contribution is 2.30. The summed E-state index contributed by atoms with van der Waals surface area (Å²) in [5.74, 6) is -0.620. The molecule has 2 aromatic carbocycles. The van der Waals surface area contributed by atoms with E-state index in [0.717, 1.165) is 22.3 Å². The molecule has 0 fully saturated rings. The molecule has 28 heavy (non-hydrogen) atoms. The summed E-state index contributed by atoms with van der Waals surface area (Å²) in [4.78, 5) is 24.3. The van der Waals surface area contributed by atoms with Crippen molar-refractivity contribution in [1.29, 1.82) is 0 Å². The monoisotopic (exact) mass is 379 g/mol. The van der Waals surface area contributed by atoms with Crippen molar-refractivity contribution in [3.8, 4) is 22.5 Å². The maximum absolute atomic E-state index is 11.5. The van der Waals surface area contributed by atoms with Gasteiger partial charge >= 0.3 is 5.97 Å². The minimum Gasteiger partial charge on any atom is -0.480 e. The first-order valence-corrected chi connectivity index (χ1v) is 8.87. The lowest BCUT2D eigenvalue weighted by Gasteiger charge is -2.28. The molecular formula is C20H21N5O3. The molecular weight excluding hydrogens is 358 g/mol. The van der Waals surface area contributed by atoms with Gasteiger partial charge in [-0.05, 0) is 33.0 Å². The molecule has 1 amide bonds. The minimum absolute atomic E-state index is 0.190. The van der Waals surface area contributed by atoms with Crippen LogP contribution in [0.2, 0.25) is 0 Å². The molecule has 8 nitrogen and oxygen atoms in total. The number of amides is 1. The molecule has 3 rings (SSSR count). The normalized spacial score (nSPS) is 12.0. The molecule has 0 bridgehead atoms. The zero-order chi connectivity index (χ0) is 20.1. The molecule has 0 aliphatic rings. The molecule has 0 unspecified atom stereocenters. The molecule has 0 spiro atoms. The zero-order valence-electron chi connectivity index (χ0n) is 15.6. The van der Waals surface area contributed by atoms with Gasteiger partial charge in [0.15, 0.2) is 5.82 Å². The Morgan fingerprint density at radius 1 is 1.14 bits per heavy atom. The van der Waals surface area contributed by atoms with Crippen LogP contribution in [0.25, 0.3) is 22.5 Å². The number of rotatable bonds is 8. The number of tetrazole rings is 1. The molecule has 0 radical (unpaired) electrons. The van der Waals surface area contributed by atoms with E-state index in [2.05, 4.69) is 20.6 Å². The van der Waals surface area contributed by atoms with Crippen LogP contribution in [0.15, 0.2) is 48.5 Å². The molecule has 0 saturated heterocycles. The molecule has 0 aliphatic heterocycles. The standard InChI is InChI=1S/C20H21N5O3/c1-13(2)18(20(27)28)25(12-26)11-14-7-9-15(10-8-14)16-5-3-4-6-17(16)19-21-23-24-22-19/h3-10,12-13,18H,11H2,1-2H3,(H,27,28)(H,21,22,23,24)/t18-/m0/s1. The van der Waals surface area contributed by atoms with Gasteiger partial charge in [0.2, 0.25) is 6.41 Å². The molecule has 144 valence electrons. The van der Waals surface area contributed by atoms with E-state index in [1.807, 2.05) is 48.5 Å². The van der Waals surface area contributed by atoms with Gasteiger partial charge in [0.1, 0.15) is 6.04 Å². The van der Waals surface area contributed by atoms with Gasteiger partial charge in [-0.2, -0.15) is 0 Å². The van der Waals surface area contributed by atoms with E-state index in [0.29, 0.717) is 12.2 Å². The van der Waals surface area contributed by atoms with Gasteiger partial charge in [-0.1, -0.05) is 62.4 Å². The fourth-order valence-electron chi connectivity index (χ4n) is 3.23. The molecule has 8 heteroatoms. The third kappa shape index (κ3) is 4.06. The first-order valence-electron chi connectivity index (χ1n) is 8.87. The third-order valence-electron chi connectivity index (χ3n) is 4.53. The third-order valence-corrected chi connectivity index (χ3v) is 4.53. The molecule has 0 saturated carbocycles. The maximum Gasteiger partial charge on any atom is 0.326 e. The predicted molar refractivity (Wildman–Crippen MR) is 103 cm³/mol. The molecule has 1 heterocycles. The topological polar surface area (TPSA) is 112 Å². The number of hydrogen-bond acceptors (Lipinski definition) is 5. The summed E-state index contributed by atoms with van der Waals surface area (Å²) in [6, 6.07) is 14.5. The van der Waals surface area contributed by atoms with Crippen LogP contribution in [-0.2, 0) is 16.1 Å². The Balaban J connectivity index is 1.85. The molecule has 2 N–H and O–H groups in total. The number of aromatic amines is 1. The van der Waals surface area contributed by atoms with Gasteiger partial charge < -0.3 is 10.0 Å². The Morgan fingerprint density at radius 3 is 2.36 bits per heavy atom. The number of nitrogens with one attached hydrogen (secondary N) is 1. The van der Waals surface area contributed by atoms with Crippen LogP contribution in [0, 0.1) is 5.92 Å². The number of carboxylic acid groups (broad SMARTS) is 1. The number of carbonyl (C=O) groups is 2. The van der Waals surface area contributed by atoms with Gasteiger partial charge in [0, 0.05) is 12.1 Å².